The second-order valence-corrected chi connectivity index (χ2v) is 4.53. The minimum Gasteiger partial charge on any atom is -0.340 e. The number of hydrazine groups is 1. The van der Waals surface area contributed by atoms with Crippen LogP contribution in [0.4, 0.5) is 23.0 Å². The van der Waals surface area contributed by atoms with E-state index in [4.69, 9.17) is 5.84 Å². The molecule has 0 fully saturated rings. The number of aromatic nitrogens is 1. The molecule has 0 atom stereocenters. The Morgan fingerprint density at radius 1 is 1.29 bits per heavy atom. The fourth-order valence-corrected chi connectivity index (χ4v) is 2.03. The first kappa shape index (κ1) is 14.7. The summed E-state index contributed by atoms with van der Waals surface area (Å²) < 4.78 is 0. The molecular weight excluding hydrogens is 270 g/mol. The summed E-state index contributed by atoms with van der Waals surface area (Å²) in [6.45, 7) is 2.10. The van der Waals surface area contributed by atoms with Gasteiger partial charge in [0.1, 0.15) is 11.6 Å². The molecule has 0 saturated carbocycles. The largest absolute Gasteiger partial charge is 0.340 e. The Labute approximate surface area is 122 Å². The minimum atomic E-state index is -0.481. The van der Waals surface area contributed by atoms with E-state index < -0.39 is 4.92 Å². The van der Waals surface area contributed by atoms with Gasteiger partial charge in [-0.2, -0.15) is 0 Å². The lowest BCUT2D eigenvalue weighted by atomic mass is 10.1. The summed E-state index contributed by atoms with van der Waals surface area (Å²) in [5.74, 6) is 5.91. The van der Waals surface area contributed by atoms with Gasteiger partial charge in [0.15, 0.2) is 0 Å². The summed E-state index contributed by atoms with van der Waals surface area (Å²) in [4.78, 5) is 14.6. The molecule has 0 aliphatic heterocycles. The first-order chi connectivity index (χ1) is 10.1. The van der Waals surface area contributed by atoms with Gasteiger partial charge in [0, 0.05) is 5.69 Å². The van der Waals surface area contributed by atoms with Gasteiger partial charge in [0.25, 0.3) is 5.69 Å². The molecule has 0 saturated heterocycles. The predicted molar refractivity (Wildman–Crippen MR) is 82.4 cm³/mol. The van der Waals surface area contributed by atoms with Gasteiger partial charge in [-0.15, -0.1) is 0 Å². The highest BCUT2D eigenvalue weighted by atomic mass is 16.6. The molecule has 2 rings (SSSR count). The number of nitrogen functional groups attached to an aromatic ring is 1. The van der Waals surface area contributed by atoms with Gasteiger partial charge in [-0.1, -0.05) is 31.5 Å². The number of nitrogens with zero attached hydrogens (tertiary/aromatic N) is 2. The molecule has 1 aromatic heterocycles. The van der Waals surface area contributed by atoms with Crippen molar-refractivity contribution in [2.45, 2.75) is 19.8 Å². The number of pyridine rings is 1. The molecule has 0 spiro atoms. The zero-order valence-corrected chi connectivity index (χ0v) is 11.7. The number of anilines is 3. The zero-order valence-electron chi connectivity index (χ0n) is 11.7. The third-order valence-corrected chi connectivity index (χ3v) is 2.97. The standard InChI is InChI=1S/C14H17N5O2/c1-2-5-10-6-3-4-7-12(10)16-13-8-11(19(20)21)9-14(17-13)18-15/h3-4,6-9H,2,5,15H2,1H3,(H2,16,17,18). The van der Waals surface area contributed by atoms with E-state index in [1.807, 2.05) is 24.3 Å². The monoisotopic (exact) mass is 287 g/mol. The van der Waals surface area contributed by atoms with E-state index in [9.17, 15) is 10.1 Å². The zero-order chi connectivity index (χ0) is 15.2. The maximum atomic E-state index is 10.9. The molecule has 1 heterocycles. The van der Waals surface area contributed by atoms with Crippen LogP contribution in [-0.2, 0) is 6.42 Å². The van der Waals surface area contributed by atoms with Crippen LogP contribution in [0.15, 0.2) is 36.4 Å². The van der Waals surface area contributed by atoms with Gasteiger partial charge in [-0.05, 0) is 18.1 Å². The molecular formula is C14H17N5O2. The quantitative estimate of drug-likeness (QED) is 0.428. The van der Waals surface area contributed by atoms with Crippen LogP contribution in [0.2, 0.25) is 0 Å². The van der Waals surface area contributed by atoms with Gasteiger partial charge in [-0.3, -0.25) is 10.1 Å². The van der Waals surface area contributed by atoms with Gasteiger partial charge in [-0.25, -0.2) is 10.8 Å². The molecule has 0 bridgehead atoms. The van der Waals surface area contributed by atoms with Gasteiger partial charge >= 0.3 is 0 Å². The second kappa shape index (κ2) is 6.67. The molecule has 110 valence electrons. The van der Waals surface area contributed by atoms with Gasteiger partial charge in [0.2, 0.25) is 0 Å². The Kier molecular flexibility index (Phi) is 4.68. The summed E-state index contributed by atoms with van der Waals surface area (Å²) in [6.07, 6.45) is 1.93. The molecule has 4 N–H and O–H groups in total. The Morgan fingerprint density at radius 3 is 2.67 bits per heavy atom. The van der Waals surface area contributed by atoms with E-state index in [0.717, 1.165) is 24.1 Å². The van der Waals surface area contributed by atoms with Gasteiger partial charge in [0.05, 0.1) is 17.1 Å². The van der Waals surface area contributed by atoms with Crippen molar-refractivity contribution in [3.05, 3.63) is 52.1 Å². The van der Waals surface area contributed by atoms with Crippen LogP contribution in [0.25, 0.3) is 0 Å². The first-order valence-corrected chi connectivity index (χ1v) is 6.62. The summed E-state index contributed by atoms with van der Waals surface area (Å²) in [7, 11) is 0. The third kappa shape index (κ3) is 3.67. The molecule has 7 heteroatoms. The van der Waals surface area contributed by atoms with Crippen molar-refractivity contribution >= 4 is 23.0 Å². The molecule has 7 nitrogen and oxygen atoms in total. The molecule has 0 unspecified atom stereocenters. The third-order valence-electron chi connectivity index (χ3n) is 2.97. The van der Waals surface area contributed by atoms with Crippen molar-refractivity contribution in [2.24, 2.45) is 5.84 Å². The van der Waals surface area contributed by atoms with Crippen LogP contribution in [0.1, 0.15) is 18.9 Å². The maximum Gasteiger partial charge on any atom is 0.276 e. The topological polar surface area (TPSA) is 106 Å². The van der Waals surface area contributed by atoms with E-state index in [2.05, 4.69) is 22.7 Å². The number of nitro groups is 1. The normalized spacial score (nSPS) is 10.2. The van der Waals surface area contributed by atoms with Crippen molar-refractivity contribution < 1.29 is 4.92 Å². The van der Waals surface area contributed by atoms with Crippen LogP contribution in [0.5, 0.6) is 0 Å². The molecule has 0 radical (unpaired) electrons. The molecule has 0 amide bonds. The highest BCUT2D eigenvalue weighted by molar-refractivity contribution is 5.64. The summed E-state index contributed by atoms with van der Waals surface area (Å²) in [5, 5.41) is 14.0. The Hall–Kier alpha value is -2.67. The van der Waals surface area contributed by atoms with Crippen molar-refractivity contribution in [3.8, 4) is 0 Å². The first-order valence-electron chi connectivity index (χ1n) is 6.62. The lowest BCUT2D eigenvalue weighted by molar-refractivity contribution is -0.384. The van der Waals surface area contributed by atoms with Crippen LogP contribution >= 0.6 is 0 Å². The van der Waals surface area contributed by atoms with Crippen LogP contribution in [0, 0.1) is 10.1 Å². The number of hydrogen-bond donors (Lipinski definition) is 3. The average Bonchev–Trinajstić information content (AvgIpc) is 2.49. The Morgan fingerprint density at radius 2 is 2.00 bits per heavy atom. The highest BCUT2D eigenvalue weighted by Crippen LogP contribution is 2.25. The Balaban J connectivity index is 2.35. The smallest absolute Gasteiger partial charge is 0.276 e. The maximum absolute atomic E-state index is 10.9. The number of nitrogens with one attached hydrogen (secondary N) is 2. The van der Waals surface area contributed by atoms with E-state index in [1.165, 1.54) is 12.1 Å². The SMILES string of the molecule is CCCc1ccccc1Nc1cc([N+](=O)[O-])cc(NN)n1. The summed E-state index contributed by atoms with van der Waals surface area (Å²) in [5.41, 5.74) is 4.28. The van der Waals surface area contributed by atoms with Crippen molar-refractivity contribution in [2.75, 3.05) is 10.7 Å². The van der Waals surface area contributed by atoms with Crippen LogP contribution in [-0.4, -0.2) is 9.91 Å². The van der Waals surface area contributed by atoms with E-state index in [0.29, 0.717) is 5.82 Å². The number of aryl methyl sites for hydroxylation is 1. The molecule has 21 heavy (non-hydrogen) atoms. The average molecular weight is 287 g/mol. The molecule has 0 aliphatic rings. The van der Waals surface area contributed by atoms with Gasteiger partial charge < -0.3 is 10.7 Å². The molecule has 1 aromatic carbocycles. The van der Waals surface area contributed by atoms with E-state index in [1.54, 1.807) is 0 Å². The van der Waals surface area contributed by atoms with Crippen molar-refractivity contribution in [1.29, 1.82) is 0 Å². The number of hydrogen-bond acceptors (Lipinski definition) is 6. The summed E-state index contributed by atoms with van der Waals surface area (Å²) >= 11 is 0. The number of benzene rings is 1. The van der Waals surface area contributed by atoms with Crippen LogP contribution < -0.4 is 16.6 Å². The minimum absolute atomic E-state index is 0.0755. The highest BCUT2D eigenvalue weighted by Gasteiger charge is 2.11. The molecule has 0 aliphatic carbocycles. The fourth-order valence-electron chi connectivity index (χ4n) is 2.03. The summed E-state index contributed by atoms with van der Waals surface area (Å²) in [6, 6.07) is 10.5. The molecule has 2 aromatic rings. The van der Waals surface area contributed by atoms with Crippen molar-refractivity contribution in [1.82, 2.24) is 4.98 Å². The predicted octanol–water partition coefficient (Wildman–Crippen LogP) is 2.97. The van der Waals surface area contributed by atoms with E-state index >= 15 is 0 Å². The fraction of sp³-hybridized carbons (Fsp3) is 0.214. The lowest BCUT2D eigenvalue weighted by Crippen LogP contribution is -2.10. The van der Waals surface area contributed by atoms with Crippen LogP contribution in [0.3, 0.4) is 0 Å². The second-order valence-electron chi connectivity index (χ2n) is 4.53. The Bertz CT molecular complexity index is 645. The van der Waals surface area contributed by atoms with Crippen molar-refractivity contribution in [3.63, 3.8) is 0 Å². The lowest BCUT2D eigenvalue weighted by Gasteiger charge is -2.11. The number of rotatable bonds is 6. The number of nitrogens with two attached hydrogens (primary N) is 1. The number of para-hydroxylation sites is 1. The van der Waals surface area contributed by atoms with E-state index in [-0.39, 0.29) is 11.5 Å².